The van der Waals surface area contributed by atoms with Gasteiger partial charge >= 0.3 is 0 Å². The van der Waals surface area contributed by atoms with Crippen LogP contribution in [0.15, 0.2) is 24.3 Å². The number of rotatable bonds is 11. The van der Waals surface area contributed by atoms with Crippen molar-refractivity contribution < 1.29 is 4.74 Å². The molecule has 0 saturated carbocycles. The van der Waals surface area contributed by atoms with E-state index in [0.717, 1.165) is 31.7 Å². The van der Waals surface area contributed by atoms with Crippen LogP contribution in [0.5, 0.6) is 5.75 Å². The molecule has 0 heterocycles. The predicted octanol–water partition coefficient (Wildman–Crippen LogP) is 5.10. The molecule has 0 aliphatic carbocycles. The van der Waals surface area contributed by atoms with Crippen LogP contribution in [0, 0.1) is 0 Å². The zero-order valence-electron chi connectivity index (χ0n) is 13.5. The largest absolute Gasteiger partial charge is 0.493 e. The maximum Gasteiger partial charge on any atom is 0.124 e. The lowest BCUT2D eigenvalue weighted by Gasteiger charge is -2.20. The zero-order chi connectivity index (χ0) is 14.6. The summed E-state index contributed by atoms with van der Waals surface area (Å²) in [6.45, 7) is 8.44. The SMILES string of the molecule is CCCCCCCOc1ccccc1C(CC)NCC. The fourth-order valence-electron chi connectivity index (χ4n) is 2.51. The minimum atomic E-state index is 0.399. The summed E-state index contributed by atoms with van der Waals surface area (Å²) in [6, 6.07) is 8.85. The van der Waals surface area contributed by atoms with Gasteiger partial charge in [0.1, 0.15) is 5.75 Å². The first-order chi connectivity index (χ1) is 9.83. The predicted molar refractivity (Wildman–Crippen MR) is 87.4 cm³/mol. The molecule has 0 aliphatic heterocycles. The molecule has 0 fully saturated rings. The van der Waals surface area contributed by atoms with E-state index in [1.54, 1.807) is 0 Å². The van der Waals surface area contributed by atoms with E-state index >= 15 is 0 Å². The first-order valence-corrected chi connectivity index (χ1v) is 8.28. The molecule has 0 aromatic heterocycles. The first-order valence-electron chi connectivity index (χ1n) is 8.28. The third-order valence-corrected chi connectivity index (χ3v) is 3.66. The Kier molecular flexibility index (Phi) is 9.14. The molecule has 1 atom stereocenters. The van der Waals surface area contributed by atoms with Gasteiger partial charge in [-0.15, -0.1) is 0 Å². The van der Waals surface area contributed by atoms with Crippen molar-refractivity contribution >= 4 is 0 Å². The van der Waals surface area contributed by atoms with Crippen molar-refractivity contribution in [2.75, 3.05) is 13.2 Å². The molecule has 1 N–H and O–H groups in total. The highest BCUT2D eigenvalue weighted by atomic mass is 16.5. The van der Waals surface area contributed by atoms with Gasteiger partial charge in [0, 0.05) is 11.6 Å². The van der Waals surface area contributed by atoms with E-state index in [2.05, 4.69) is 50.4 Å². The second kappa shape index (κ2) is 10.7. The molecule has 1 unspecified atom stereocenters. The highest BCUT2D eigenvalue weighted by molar-refractivity contribution is 5.35. The van der Waals surface area contributed by atoms with Gasteiger partial charge in [-0.05, 0) is 25.5 Å². The Bertz CT molecular complexity index is 351. The lowest BCUT2D eigenvalue weighted by atomic mass is 10.0. The average molecular weight is 277 g/mol. The van der Waals surface area contributed by atoms with Crippen LogP contribution in [0.2, 0.25) is 0 Å². The van der Waals surface area contributed by atoms with E-state index in [-0.39, 0.29) is 0 Å². The zero-order valence-corrected chi connectivity index (χ0v) is 13.5. The lowest BCUT2D eigenvalue weighted by Crippen LogP contribution is -2.20. The van der Waals surface area contributed by atoms with E-state index in [0.29, 0.717) is 6.04 Å². The van der Waals surface area contributed by atoms with Gasteiger partial charge < -0.3 is 10.1 Å². The quantitative estimate of drug-likeness (QED) is 0.568. The number of para-hydroxylation sites is 1. The standard InChI is InChI=1S/C18H31NO/c1-4-7-8-9-12-15-20-18-14-11-10-13-16(18)17(5-2)19-6-3/h10-11,13-14,17,19H,4-9,12,15H2,1-3H3. The number of benzene rings is 1. The second-order valence-electron chi connectivity index (χ2n) is 5.32. The molecule has 1 aromatic rings. The summed E-state index contributed by atoms with van der Waals surface area (Å²) >= 11 is 0. The molecule has 20 heavy (non-hydrogen) atoms. The third kappa shape index (κ3) is 5.96. The van der Waals surface area contributed by atoms with Crippen molar-refractivity contribution in [1.29, 1.82) is 0 Å². The summed E-state index contributed by atoms with van der Waals surface area (Å²) in [5, 5.41) is 3.53. The number of ether oxygens (including phenoxy) is 1. The molecule has 2 heteroatoms. The van der Waals surface area contributed by atoms with Crippen LogP contribution in [-0.2, 0) is 0 Å². The smallest absolute Gasteiger partial charge is 0.124 e. The van der Waals surface area contributed by atoms with E-state index in [1.165, 1.54) is 31.2 Å². The number of unbranched alkanes of at least 4 members (excludes halogenated alkanes) is 4. The van der Waals surface area contributed by atoms with Crippen LogP contribution < -0.4 is 10.1 Å². The van der Waals surface area contributed by atoms with Gasteiger partial charge in [-0.25, -0.2) is 0 Å². The van der Waals surface area contributed by atoms with Crippen LogP contribution in [0.4, 0.5) is 0 Å². The molecular formula is C18H31NO. The maximum atomic E-state index is 6.01. The highest BCUT2D eigenvalue weighted by Gasteiger charge is 2.12. The van der Waals surface area contributed by atoms with Crippen molar-refractivity contribution in [1.82, 2.24) is 5.32 Å². The van der Waals surface area contributed by atoms with E-state index < -0.39 is 0 Å². The van der Waals surface area contributed by atoms with Crippen molar-refractivity contribution in [3.63, 3.8) is 0 Å². The Morgan fingerprint density at radius 3 is 2.45 bits per heavy atom. The summed E-state index contributed by atoms with van der Waals surface area (Å²) in [5.74, 6) is 1.05. The normalized spacial score (nSPS) is 12.3. The summed E-state index contributed by atoms with van der Waals surface area (Å²) in [6.07, 6.45) is 7.49. The Balaban J connectivity index is 2.48. The fourth-order valence-corrected chi connectivity index (χ4v) is 2.51. The second-order valence-corrected chi connectivity index (χ2v) is 5.32. The van der Waals surface area contributed by atoms with Gasteiger partial charge in [-0.2, -0.15) is 0 Å². The number of hydrogen-bond acceptors (Lipinski definition) is 2. The lowest BCUT2D eigenvalue weighted by molar-refractivity contribution is 0.297. The Labute approximate surface area is 124 Å². The minimum Gasteiger partial charge on any atom is -0.493 e. The molecule has 1 aromatic carbocycles. The summed E-state index contributed by atoms with van der Waals surface area (Å²) in [4.78, 5) is 0. The Morgan fingerprint density at radius 1 is 1.00 bits per heavy atom. The molecule has 114 valence electrons. The Morgan fingerprint density at radius 2 is 1.75 bits per heavy atom. The number of nitrogens with one attached hydrogen (secondary N) is 1. The number of hydrogen-bond donors (Lipinski definition) is 1. The van der Waals surface area contributed by atoms with Crippen molar-refractivity contribution in [3.05, 3.63) is 29.8 Å². The summed E-state index contributed by atoms with van der Waals surface area (Å²) in [7, 11) is 0. The molecule has 0 amide bonds. The van der Waals surface area contributed by atoms with Crippen LogP contribution in [0.3, 0.4) is 0 Å². The molecular weight excluding hydrogens is 246 g/mol. The maximum absolute atomic E-state index is 6.01. The molecule has 1 rings (SSSR count). The summed E-state index contributed by atoms with van der Waals surface area (Å²) in [5.41, 5.74) is 1.30. The fraction of sp³-hybridized carbons (Fsp3) is 0.667. The van der Waals surface area contributed by atoms with Gasteiger partial charge in [0.2, 0.25) is 0 Å². The van der Waals surface area contributed by atoms with Crippen LogP contribution in [-0.4, -0.2) is 13.2 Å². The van der Waals surface area contributed by atoms with E-state index in [9.17, 15) is 0 Å². The van der Waals surface area contributed by atoms with Gasteiger partial charge in [0.15, 0.2) is 0 Å². The van der Waals surface area contributed by atoms with Gasteiger partial charge in [-0.3, -0.25) is 0 Å². The van der Waals surface area contributed by atoms with Crippen LogP contribution in [0.25, 0.3) is 0 Å². The van der Waals surface area contributed by atoms with Crippen molar-refractivity contribution in [2.24, 2.45) is 0 Å². The molecule has 0 aliphatic rings. The molecule has 0 bridgehead atoms. The van der Waals surface area contributed by atoms with Crippen LogP contribution in [0.1, 0.15) is 70.9 Å². The topological polar surface area (TPSA) is 21.3 Å². The monoisotopic (exact) mass is 277 g/mol. The average Bonchev–Trinajstić information content (AvgIpc) is 2.49. The van der Waals surface area contributed by atoms with Crippen LogP contribution >= 0.6 is 0 Å². The van der Waals surface area contributed by atoms with Gasteiger partial charge in [-0.1, -0.05) is 64.7 Å². The highest BCUT2D eigenvalue weighted by Crippen LogP contribution is 2.27. The molecule has 0 radical (unpaired) electrons. The molecule has 0 saturated heterocycles. The van der Waals surface area contributed by atoms with Crippen molar-refractivity contribution in [3.8, 4) is 5.75 Å². The van der Waals surface area contributed by atoms with Crippen molar-refractivity contribution in [2.45, 2.75) is 65.3 Å². The molecule has 2 nitrogen and oxygen atoms in total. The minimum absolute atomic E-state index is 0.399. The van der Waals surface area contributed by atoms with E-state index in [1.807, 2.05) is 0 Å². The first kappa shape index (κ1) is 17.0. The summed E-state index contributed by atoms with van der Waals surface area (Å²) < 4.78 is 6.01. The molecule has 0 spiro atoms. The van der Waals surface area contributed by atoms with Gasteiger partial charge in [0.25, 0.3) is 0 Å². The van der Waals surface area contributed by atoms with E-state index in [4.69, 9.17) is 4.74 Å². The Hall–Kier alpha value is -1.02. The third-order valence-electron chi connectivity index (χ3n) is 3.66. The van der Waals surface area contributed by atoms with Gasteiger partial charge in [0.05, 0.1) is 6.61 Å².